The average molecular weight is 375 g/mol. The van der Waals surface area contributed by atoms with Gasteiger partial charge in [0, 0.05) is 36.0 Å². The van der Waals surface area contributed by atoms with Gasteiger partial charge in [-0.25, -0.2) is 8.42 Å². The Morgan fingerprint density at radius 2 is 2.08 bits per heavy atom. The standard InChI is InChI=1S/C20H25NO4S/c1-3-12-21(15-11-13-26(23,24)14-15)20(22)10-9-17-16-7-5-6-8-19(16)25-18(17)4-2/h5-10,15H,3-4,11-14H2,1-2H3/b10-9+. The highest BCUT2D eigenvalue weighted by molar-refractivity contribution is 7.91. The molecule has 0 radical (unpaired) electrons. The molecular weight excluding hydrogens is 350 g/mol. The fourth-order valence-electron chi connectivity index (χ4n) is 3.55. The van der Waals surface area contributed by atoms with Gasteiger partial charge >= 0.3 is 0 Å². The quantitative estimate of drug-likeness (QED) is 0.726. The molecule has 0 N–H and O–H groups in total. The predicted molar refractivity (Wildman–Crippen MR) is 104 cm³/mol. The van der Waals surface area contributed by atoms with Gasteiger partial charge in [-0.05, 0) is 25.0 Å². The summed E-state index contributed by atoms with van der Waals surface area (Å²) >= 11 is 0. The third-order valence-electron chi connectivity index (χ3n) is 4.82. The van der Waals surface area contributed by atoms with Gasteiger partial charge in [0.15, 0.2) is 9.84 Å². The average Bonchev–Trinajstić information content (AvgIpc) is 3.16. The van der Waals surface area contributed by atoms with Crippen LogP contribution in [0.25, 0.3) is 17.0 Å². The van der Waals surface area contributed by atoms with Crippen molar-refractivity contribution in [3.63, 3.8) is 0 Å². The van der Waals surface area contributed by atoms with Gasteiger partial charge < -0.3 is 9.32 Å². The first kappa shape index (κ1) is 18.7. The van der Waals surface area contributed by atoms with Crippen molar-refractivity contribution >= 4 is 32.8 Å². The molecule has 1 amide bonds. The molecular formula is C20H25NO4S. The highest BCUT2D eigenvalue weighted by atomic mass is 32.2. The molecule has 26 heavy (non-hydrogen) atoms. The van der Waals surface area contributed by atoms with Crippen molar-refractivity contribution in [2.24, 2.45) is 0 Å². The smallest absolute Gasteiger partial charge is 0.246 e. The molecule has 140 valence electrons. The van der Waals surface area contributed by atoms with Gasteiger partial charge in [0.25, 0.3) is 0 Å². The molecule has 1 atom stereocenters. The van der Waals surface area contributed by atoms with Crippen molar-refractivity contribution in [3.05, 3.63) is 41.7 Å². The van der Waals surface area contributed by atoms with E-state index < -0.39 is 9.84 Å². The Kier molecular flexibility index (Phi) is 5.51. The zero-order chi connectivity index (χ0) is 18.7. The van der Waals surface area contributed by atoms with E-state index in [0.717, 1.165) is 35.1 Å². The number of para-hydroxylation sites is 1. The Balaban J connectivity index is 1.86. The van der Waals surface area contributed by atoms with Crippen molar-refractivity contribution in [2.45, 2.75) is 39.2 Å². The Morgan fingerprint density at radius 1 is 1.31 bits per heavy atom. The van der Waals surface area contributed by atoms with Crippen LogP contribution in [0, 0.1) is 0 Å². The number of carbonyl (C=O) groups is 1. The molecule has 5 nitrogen and oxygen atoms in total. The summed E-state index contributed by atoms with van der Waals surface area (Å²) in [5.74, 6) is 0.949. The summed E-state index contributed by atoms with van der Waals surface area (Å²) in [6.45, 7) is 4.58. The van der Waals surface area contributed by atoms with E-state index in [-0.39, 0.29) is 23.5 Å². The molecule has 0 saturated carbocycles. The monoisotopic (exact) mass is 375 g/mol. The molecule has 1 aliphatic heterocycles. The number of hydrogen-bond acceptors (Lipinski definition) is 4. The maximum atomic E-state index is 12.8. The van der Waals surface area contributed by atoms with Crippen LogP contribution in [0.15, 0.2) is 34.8 Å². The van der Waals surface area contributed by atoms with Crippen LogP contribution < -0.4 is 0 Å². The molecule has 0 spiro atoms. The first-order chi connectivity index (χ1) is 12.4. The van der Waals surface area contributed by atoms with E-state index in [1.54, 1.807) is 17.1 Å². The molecule has 2 heterocycles. The van der Waals surface area contributed by atoms with Crippen molar-refractivity contribution in [1.29, 1.82) is 0 Å². The number of aryl methyl sites for hydroxylation is 1. The molecule has 1 aliphatic rings. The van der Waals surface area contributed by atoms with Crippen molar-refractivity contribution in [1.82, 2.24) is 4.90 Å². The van der Waals surface area contributed by atoms with Crippen LogP contribution in [0.5, 0.6) is 0 Å². The Labute approximate surface area is 154 Å². The Morgan fingerprint density at radius 3 is 2.73 bits per heavy atom. The largest absolute Gasteiger partial charge is 0.460 e. The Hall–Kier alpha value is -2.08. The van der Waals surface area contributed by atoms with Crippen LogP contribution in [0.4, 0.5) is 0 Å². The molecule has 0 aliphatic carbocycles. The topological polar surface area (TPSA) is 67.6 Å². The summed E-state index contributed by atoms with van der Waals surface area (Å²) < 4.78 is 29.4. The van der Waals surface area contributed by atoms with Crippen LogP contribution in [0.2, 0.25) is 0 Å². The van der Waals surface area contributed by atoms with E-state index in [4.69, 9.17) is 4.42 Å². The second-order valence-corrected chi connectivity index (χ2v) is 8.94. The molecule has 1 aromatic carbocycles. The lowest BCUT2D eigenvalue weighted by Gasteiger charge is -2.26. The number of hydrogen-bond donors (Lipinski definition) is 0. The van der Waals surface area contributed by atoms with E-state index in [9.17, 15) is 13.2 Å². The molecule has 0 bridgehead atoms. The zero-order valence-corrected chi connectivity index (χ0v) is 16.1. The number of sulfone groups is 1. The normalized spacial score (nSPS) is 19.4. The molecule has 1 aromatic heterocycles. The van der Waals surface area contributed by atoms with Crippen molar-refractivity contribution in [3.8, 4) is 0 Å². The molecule has 1 fully saturated rings. The number of fused-ring (bicyclic) bond motifs is 1. The lowest BCUT2D eigenvalue weighted by atomic mass is 10.1. The lowest BCUT2D eigenvalue weighted by molar-refractivity contribution is -0.127. The van der Waals surface area contributed by atoms with Gasteiger partial charge in [0.05, 0.1) is 11.5 Å². The first-order valence-corrected chi connectivity index (χ1v) is 11.0. The van der Waals surface area contributed by atoms with Gasteiger partial charge in [0.2, 0.25) is 5.91 Å². The molecule has 6 heteroatoms. The third kappa shape index (κ3) is 3.85. The molecule has 2 aromatic rings. The van der Waals surface area contributed by atoms with Gasteiger partial charge in [-0.3, -0.25) is 4.79 Å². The SMILES string of the molecule is CCCN(C(=O)/C=C/c1c(CC)oc2ccccc12)C1CCS(=O)(=O)C1. The predicted octanol–water partition coefficient (Wildman–Crippen LogP) is 3.43. The first-order valence-electron chi connectivity index (χ1n) is 9.14. The van der Waals surface area contributed by atoms with Gasteiger partial charge in [-0.1, -0.05) is 32.0 Å². The number of carbonyl (C=O) groups excluding carboxylic acids is 1. The van der Waals surface area contributed by atoms with Crippen LogP contribution in [-0.4, -0.2) is 43.3 Å². The van der Waals surface area contributed by atoms with E-state index in [1.165, 1.54) is 0 Å². The second kappa shape index (κ2) is 7.66. The summed E-state index contributed by atoms with van der Waals surface area (Å²) in [4.78, 5) is 14.5. The summed E-state index contributed by atoms with van der Waals surface area (Å²) in [5.41, 5.74) is 1.73. The van der Waals surface area contributed by atoms with Crippen LogP contribution in [-0.2, 0) is 21.1 Å². The van der Waals surface area contributed by atoms with E-state index in [1.807, 2.05) is 38.1 Å². The second-order valence-electron chi connectivity index (χ2n) is 6.71. The molecule has 3 rings (SSSR count). The highest BCUT2D eigenvalue weighted by Crippen LogP contribution is 2.27. The van der Waals surface area contributed by atoms with Crippen LogP contribution in [0.3, 0.4) is 0 Å². The molecule has 1 saturated heterocycles. The van der Waals surface area contributed by atoms with Gasteiger partial charge in [-0.15, -0.1) is 0 Å². The van der Waals surface area contributed by atoms with Gasteiger partial charge in [0.1, 0.15) is 11.3 Å². The van der Waals surface area contributed by atoms with Gasteiger partial charge in [-0.2, -0.15) is 0 Å². The minimum Gasteiger partial charge on any atom is -0.460 e. The summed E-state index contributed by atoms with van der Waals surface area (Å²) in [6, 6.07) is 7.55. The Bertz CT molecular complexity index is 926. The fraction of sp³-hybridized carbons (Fsp3) is 0.450. The summed E-state index contributed by atoms with van der Waals surface area (Å²) in [5, 5.41) is 0.985. The van der Waals surface area contributed by atoms with E-state index in [2.05, 4.69) is 0 Å². The summed E-state index contributed by atoms with van der Waals surface area (Å²) in [6.07, 6.45) is 5.42. The van der Waals surface area contributed by atoms with E-state index in [0.29, 0.717) is 13.0 Å². The fourth-order valence-corrected chi connectivity index (χ4v) is 5.28. The lowest BCUT2D eigenvalue weighted by Crippen LogP contribution is -2.40. The van der Waals surface area contributed by atoms with E-state index >= 15 is 0 Å². The maximum absolute atomic E-state index is 12.8. The van der Waals surface area contributed by atoms with Crippen molar-refractivity contribution in [2.75, 3.05) is 18.1 Å². The summed E-state index contributed by atoms with van der Waals surface area (Å²) in [7, 11) is -3.02. The minimum atomic E-state index is -3.02. The van der Waals surface area contributed by atoms with Crippen LogP contribution in [0.1, 0.15) is 38.0 Å². The number of benzene rings is 1. The van der Waals surface area contributed by atoms with Crippen molar-refractivity contribution < 1.29 is 17.6 Å². The molecule has 1 unspecified atom stereocenters. The number of nitrogens with zero attached hydrogens (tertiary/aromatic N) is 1. The van der Waals surface area contributed by atoms with Crippen LogP contribution >= 0.6 is 0 Å². The number of furan rings is 1. The minimum absolute atomic E-state index is 0.0709. The number of amides is 1. The zero-order valence-electron chi connectivity index (χ0n) is 15.3. The maximum Gasteiger partial charge on any atom is 0.246 e. The third-order valence-corrected chi connectivity index (χ3v) is 6.57. The number of rotatable bonds is 6. The highest BCUT2D eigenvalue weighted by Gasteiger charge is 2.33.